The van der Waals surface area contributed by atoms with Crippen LogP contribution in [-0.4, -0.2) is 23.0 Å². The van der Waals surface area contributed by atoms with Gasteiger partial charge < -0.3 is 4.90 Å². The van der Waals surface area contributed by atoms with E-state index in [1.807, 2.05) is 17.4 Å². The van der Waals surface area contributed by atoms with Gasteiger partial charge in [0.05, 0.1) is 15.2 Å². The highest BCUT2D eigenvalue weighted by Gasteiger charge is 2.24. The standard InChI is InChI=1S/C20H19BrN2S/c1-14(16-6-2-3-7-17(16)21)23-12-10-15(11-13-23)20-22-18-8-4-5-9-19(18)24-20/h2-9,15H,1,10-13H2. The molecule has 0 aliphatic carbocycles. The van der Waals surface area contributed by atoms with Gasteiger partial charge in [0.15, 0.2) is 0 Å². The van der Waals surface area contributed by atoms with E-state index in [1.165, 1.54) is 15.3 Å². The molecule has 0 amide bonds. The minimum Gasteiger partial charge on any atom is -0.371 e. The summed E-state index contributed by atoms with van der Waals surface area (Å²) in [6, 6.07) is 16.8. The zero-order valence-electron chi connectivity index (χ0n) is 13.4. The number of para-hydroxylation sites is 1. The van der Waals surface area contributed by atoms with Crippen LogP contribution in [0, 0.1) is 0 Å². The first-order chi connectivity index (χ1) is 11.7. The summed E-state index contributed by atoms with van der Waals surface area (Å²) in [7, 11) is 0. The second kappa shape index (κ2) is 6.69. The number of rotatable bonds is 3. The Morgan fingerprint density at radius 2 is 1.79 bits per heavy atom. The number of nitrogens with zero attached hydrogens (tertiary/aromatic N) is 2. The molecule has 0 N–H and O–H groups in total. The highest BCUT2D eigenvalue weighted by atomic mass is 79.9. The number of likely N-dealkylation sites (tertiary alicyclic amines) is 1. The fourth-order valence-corrected chi connectivity index (χ4v) is 4.98. The fourth-order valence-electron chi connectivity index (χ4n) is 3.33. The summed E-state index contributed by atoms with van der Waals surface area (Å²) in [6.45, 7) is 6.41. The SMILES string of the molecule is C=C(c1ccccc1Br)N1CCC(c2nc3ccccc3s2)CC1. The van der Waals surface area contributed by atoms with E-state index in [1.54, 1.807) is 0 Å². The highest BCUT2D eigenvalue weighted by molar-refractivity contribution is 9.10. The smallest absolute Gasteiger partial charge is 0.0970 e. The number of piperidine rings is 1. The molecule has 1 saturated heterocycles. The Morgan fingerprint density at radius 3 is 2.54 bits per heavy atom. The largest absolute Gasteiger partial charge is 0.371 e. The molecule has 1 aromatic heterocycles. The van der Waals surface area contributed by atoms with Crippen LogP contribution < -0.4 is 0 Å². The average Bonchev–Trinajstić information content (AvgIpc) is 3.06. The molecule has 2 heterocycles. The van der Waals surface area contributed by atoms with Crippen LogP contribution in [0.2, 0.25) is 0 Å². The van der Waals surface area contributed by atoms with Gasteiger partial charge in [0.25, 0.3) is 0 Å². The van der Waals surface area contributed by atoms with Crippen molar-refractivity contribution in [2.24, 2.45) is 0 Å². The molecule has 0 atom stereocenters. The molecule has 0 unspecified atom stereocenters. The van der Waals surface area contributed by atoms with Crippen LogP contribution in [0.15, 0.2) is 59.6 Å². The van der Waals surface area contributed by atoms with Gasteiger partial charge in [0, 0.05) is 34.7 Å². The van der Waals surface area contributed by atoms with Crippen molar-refractivity contribution >= 4 is 43.2 Å². The third-order valence-corrected chi connectivity index (χ3v) is 6.61. The van der Waals surface area contributed by atoms with Crippen LogP contribution in [0.3, 0.4) is 0 Å². The van der Waals surface area contributed by atoms with Crippen molar-refractivity contribution in [3.05, 3.63) is 70.2 Å². The van der Waals surface area contributed by atoms with Crippen LogP contribution in [0.5, 0.6) is 0 Å². The Labute approximate surface area is 155 Å². The van der Waals surface area contributed by atoms with Crippen molar-refractivity contribution in [3.8, 4) is 0 Å². The van der Waals surface area contributed by atoms with E-state index < -0.39 is 0 Å². The quantitative estimate of drug-likeness (QED) is 0.544. The Morgan fingerprint density at radius 1 is 1.08 bits per heavy atom. The first-order valence-electron chi connectivity index (χ1n) is 8.26. The maximum atomic E-state index is 4.85. The summed E-state index contributed by atoms with van der Waals surface area (Å²) < 4.78 is 2.41. The summed E-state index contributed by atoms with van der Waals surface area (Å²) in [5, 5.41) is 1.29. The predicted molar refractivity (Wildman–Crippen MR) is 106 cm³/mol. The molecule has 0 radical (unpaired) electrons. The summed E-state index contributed by atoms with van der Waals surface area (Å²) in [6.07, 6.45) is 2.28. The van der Waals surface area contributed by atoms with Crippen LogP contribution >= 0.6 is 27.3 Å². The van der Waals surface area contributed by atoms with Gasteiger partial charge in [-0.15, -0.1) is 11.3 Å². The van der Waals surface area contributed by atoms with Gasteiger partial charge in [-0.05, 0) is 31.0 Å². The molecule has 1 aliphatic rings. The van der Waals surface area contributed by atoms with Gasteiger partial charge in [-0.25, -0.2) is 4.98 Å². The summed E-state index contributed by atoms with van der Waals surface area (Å²) in [4.78, 5) is 7.26. The molecular formula is C20H19BrN2S. The first-order valence-corrected chi connectivity index (χ1v) is 9.87. The number of hydrogen-bond donors (Lipinski definition) is 0. The van der Waals surface area contributed by atoms with Crippen molar-refractivity contribution in [1.82, 2.24) is 9.88 Å². The third kappa shape index (κ3) is 3.01. The van der Waals surface area contributed by atoms with Crippen molar-refractivity contribution in [3.63, 3.8) is 0 Å². The van der Waals surface area contributed by atoms with E-state index in [0.29, 0.717) is 5.92 Å². The second-order valence-corrected chi connectivity index (χ2v) is 8.12. The molecule has 122 valence electrons. The lowest BCUT2D eigenvalue weighted by molar-refractivity contribution is 0.299. The van der Waals surface area contributed by atoms with Gasteiger partial charge in [-0.3, -0.25) is 0 Å². The molecule has 0 saturated carbocycles. The number of hydrogen-bond acceptors (Lipinski definition) is 3. The van der Waals surface area contributed by atoms with Gasteiger partial charge in [0.2, 0.25) is 0 Å². The molecule has 0 spiro atoms. The molecule has 24 heavy (non-hydrogen) atoms. The van der Waals surface area contributed by atoms with Crippen molar-refractivity contribution < 1.29 is 0 Å². The van der Waals surface area contributed by atoms with Crippen LogP contribution in [-0.2, 0) is 0 Å². The van der Waals surface area contributed by atoms with Crippen LogP contribution in [0.4, 0.5) is 0 Å². The van der Waals surface area contributed by atoms with Gasteiger partial charge in [-0.1, -0.05) is 52.8 Å². The number of aromatic nitrogens is 1. The third-order valence-electron chi connectivity index (χ3n) is 4.72. The number of benzene rings is 2. The Kier molecular flexibility index (Phi) is 4.42. The van der Waals surface area contributed by atoms with E-state index in [9.17, 15) is 0 Å². The van der Waals surface area contributed by atoms with E-state index in [4.69, 9.17) is 4.98 Å². The second-order valence-electron chi connectivity index (χ2n) is 6.21. The fraction of sp³-hybridized carbons (Fsp3) is 0.250. The lowest BCUT2D eigenvalue weighted by Crippen LogP contribution is -2.31. The molecule has 4 heteroatoms. The van der Waals surface area contributed by atoms with Gasteiger partial charge >= 0.3 is 0 Å². The Hall–Kier alpha value is -1.65. The first kappa shape index (κ1) is 15.9. The normalized spacial score (nSPS) is 15.8. The maximum Gasteiger partial charge on any atom is 0.0970 e. The molecule has 1 fully saturated rings. The number of fused-ring (bicyclic) bond motifs is 1. The lowest BCUT2D eigenvalue weighted by atomic mass is 9.96. The predicted octanol–water partition coefficient (Wildman–Crippen LogP) is 5.91. The molecule has 0 bridgehead atoms. The minimum atomic E-state index is 0.575. The summed E-state index contributed by atoms with van der Waals surface area (Å²) >= 11 is 5.49. The lowest BCUT2D eigenvalue weighted by Gasteiger charge is -2.34. The topological polar surface area (TPSA) is 16.1 Å². The molecule has 4 rings (SSSR count). The number of thiazole rings is 1. The number of halogens is 1. The van der Waals surface area contributed by atoms with Crippen LogP contribution in [0.1, 0.15) is 29.3 Å². The van der Waals surface area contributed by atoms with Gasteiger partial charge in [0.1, 0.15) is 0 Å². The summed E-state index contributed by atoms with van der Waals surface area (Å²) in [5.41, 5.74) is 3.44. The Bertz CT molecular complexity index is 845. The Balaban J connectivity index is 1.47. The van der Waals surface area contributed by atoms with Crippen molar-refractivity contribution in [2.75, 3.05) is 13.1 Å². The van der Waals surface area contributed by atoms with Crippen LogP contribution in [0.25, 0.3) is 15.9 Å². The van der Waals surface area contributed by atoms with E-state index in [2.05, 4.69) is 69.9 Å². The molecular weight excluding hydrogens is 380 g/mol. The minimum absolute atomic E-state index is 0.575. The molecule has 2 nitrogen and oxygen atoms in total. The summed E-state index contributed by atoms with van der Waals surface area (Å²) in [5.74, 6) is 0.575. The highest BCUT2D eigenvalue weighted by Crippen LogP contribution is 2.36. The maximum absolute atomic E-state index is 4.85. The van der Waals surface area contributed by atoms with Crippen molar-refractivity contribution in [1.29, 1.82) is 0 Å². The zero-order valence-corrected chi connectivity index (χ0v) is 15.8. The van der Waals surface area contributed by atoms with Gasteiger partial charge in [-0.2, -0.15) is 0 Å². The molecule has 3 aromatic rings. The average molecular weight is 399 g/mol. The monoisotopic (exact) mass is 398 g/mol. The van der Waals surface area contributed by atoms with E-state index >= 15 is 0 Å². The zero-order chi connectivity index (χ0) is 16.5. The van der Waals surface area contributed by atoms with E-state index in [0.717, 1.165) is 41.6 Å². The molecule has 2 aromatic carbocycles. The molecule has 1 aliphatic heterocycles. The van der Waals surface area contributed by atoms with E-state index in [-0.39, 0.29) is 0 Å². The van der Waals surface area contributed by atoms with Crippen molar-refractivity contribution in [2.45, 2.75) is 18.8 Å².